The van der Waals surface area contributed by atoms with Crippen LogP contribution >= 0.6 is 0 Å². The molecule has 6 nitrogen and oxygen atoms in total. The summed E-state index contributed by atoms with van der Waals surface area (Å²) in [6.07, 6.45) is 0. The largest absolute Gasteiger partial charge is 0.480 e. The molecule has 0 aromatic heterocycles. The van der Waals surface area contributed by atoms with Crippen LogP contribution in [-0.4, -0.2) is 39.3 Å². The molecule has 112 valence electrons. The van der Waals surface area contributed by atoms with E-state index in [0.717, 1.165) is 7.11 Å². The minimum absolute atomic E-state index is 0.170. The molecule has 0 amide bonds. The van der Waals surface area contributed by atoms with Crippen molar-refractivity contribution in [1.82, 2.24) is 4.72 Å². The average molecular weight is 313 g/mol. The molecule has 1 aromatic carbocycles. The molecule has 0 aliphatic rings. The fourth-order valence-electron chi connectivity index (χ4n) is 1.35. The van der Waals surface area contributed by atoms with Gasteiger partial charge in [-0.05, 0) is 0 Å². The first kappa shape index (κ1) is 16.4. The number of methoxy groups -OCH3 is 1. The van der Waals surface area contributed by atoms with Gasteiger partial charge in [-0.25, -0.2) is 21.6 Å². The quantitative estimate of drug-likeness (QED) is 0.797. The van der Waals surface area contributed by atoms with Crippen LogP contribution in [0.5, 0.6) is 0 Å². The molecule has 0 bridgehead atoms. The molecule has 0 aliphatic heterocycles. The molecule has 1 rings (SSSR count). The van der Waals surface area contributed by atoms with Gasteiger partial charge in [-0.15, -0.1) is 0 Å². The maximum absolute atomic E-state index is 13.4. The maximum atomic E-state index is 13.4. The molecule has 1 aromatic rings. The normalized spacial score (nSPS) is 13.2. The number of benzene rings is 1. The molecule has 0 fully saturated rings. The van der Waals surface area contributed by atoms with Gasteiger partial charge in [0.1, 0.15) is 23.5 Å². The Labute approximate surface area is 112 Å². The van der Waals surface area contributed by atoms with E-state index in [4.69, 9.17) is 5.11 Å². The maximum Gasteiger partial charge on any atom is 0.324 e. The molecule has 10 heteroatoms. The first-order chi connectivity index (χ1) is 9.19. The summed E-state index contributed by atoms with van der Waals surface area (Å²) in [7, 11) is -3.72. The molecular weight excluding hydrogens is 303 g/mol. The zero-order chi connectivity index (χ0) is 15.5. The molecule has 0 aliphatic carbocycles. The monoisotopic (exact) mass is 313 g/mol. The number of halogens is 3. The number of ether oxygens (including phenoxy) is 1. The first-order valence-corrected chi connectivity index (χ1v) is 6.56. The second kappa shape index (κ2) is 6.20. The summed E-state index contributed by atoms with van der Waals surface area (Å²) >= 11 is 0. The predicted molar refractivity (Wildman–Crippen MR) is 59.9 cm³/mol. The van der Waals surface area contributed by atoms with Gasteiger partial charge in [0.25, 0.3) is 0 Å². The molecule has 20 heavy (non-hydrogen) atoms. The molecular formula is C10H10F3NO5S. The Balaban J connectivity index is 3.20. The van der Waals surface area contributed by atoms with E-state index in [1.807, 2.05) is 0 Å². The van der Waals surface area contributed by atoms with Gasteiger partial charge < -0.3 is 9.84 Å². The van der Waals surface area contributed by atoms with Crippen molar-refractivity contribution >= 4 is 16.0 Å². The van der Waals surface area contributed by atoms with Crippen LogP contribution in [-0.2, 0) is 19.6 Å². The number of hydrogen-bond acceptors (Lipinski definition) is 4. The van der Waals surface area contributed by atoms with E-state index < -0.39 is 51.0 Å². The van der Waals surface area contributed by atoms with Gasteiger partial charge >= 0.3 is 5.97 Å². The highest BCUT2D eigenvalue weighted by atomic mass is 32.2. The van der Waals surface area contributed by atoms with Gasteiger partial charge in [0.2, 0.25) is 10.0 Å². The summed E-state index contributed by atoms with van der Waals surface area (Å²) in [6.45, 7) is -0.557. The van der Waals surface area contributed by atoms with E-state index in [1.54, 1.807) is 4.72 Å². The van der Waals surface area contributed by atoms with Crippen LogP contribution < -0.4 is 4.72 Å². The summed E-state index contributed by atoms with van der Waals surface area (Å²) in [5.74, 6) is -6.24. The fraction of sp³-hybridized carbons (Fsp3) is 0.300. The van der Waals surface area contributed by atoms with Gasteiger partial charge in [-0.1, -0.05) is 0 Å². The van der Waals surface area contributed by atoms with Crippen molar-refractivity contribution in [2.45, 2.75) is 10.9 Å². The molecule has 0 heterocycles. The van der Waals surface area contributed by atoms with E-state index >= 15 is 0 Å². The van der Waals surface area contributed by atoms with E-state index in [-0.39, 0.29) is 12.1 Å². The topological polar surface area (TPSA) is 92.7 Å². The first-order valence-electron chi connectivity index (χ1n) is 5.07. The lowest BCUT2D eigenvalue weighted by atomic mass is 10.3. The Hall–Kier alpha value is -1.65. The number of sulfonamides is 1. The van der Waals surface area contributed by atoms with E-state index in [2.05, 4.69) is 4.74 Å². The van der Waals surface area contributed by atoms with Crippen molar-refractivity contribution in [1.29, 1.82) is 0 Å². The molecule has 0 radical (unpaired) electrons. The number of rotatable bonds is 6. The van der Waals surface area contributed by atoms with Gasteiger partial charge in [-0.3, -0.25) is 4.79 Å². The summed E-state index contributed by atoms with van der Waals surface area (Å²) in [5, 5.41) is 8.74. The molecule has 0 saturated heterocycles. The summed E-state index contributed by atoms with van der Waals surface area (Å²) in [6, 6.07) is -1.40. The third-order valence-corrected chi connectivity index (χ3v) is 3.68. The van der Waals surface area contributed by atoms with Crippen LogP contribution in [0, 0.1) is 17.5 Å². The van der Waals surface area contributed by atoms with Crippen molar-refractivity contribution in [2.75, 3.05) is 13.7 Å². The standard InChI is InChI=1S/C10H10F3NO5S/c1-19-4-8(10(15)16)14-20(17,18)9-6(12)2-5(11)3-7(9)13/h2-3,8,14H,4H2,1H3,(H,15,16). The highest BCUT2D eigenvalue weighted by Gasteiger charge is 2.30. The van der Waals surface area contributed by atoms with Crippen LogP contribution in [0.4, 0.5) is 13.2 Å². The molecule has 1 unspecified atom stereocenters. The minimum atomic E-state index is -4.83. The van der Waals surface area contributed by atoms with Gasteiger partial charge in [0.15, 0.2) is 4.90 Å². The van der Waals surface area contributed by atoms with Crippen molar-refractivity contribution < 1.29 is 36.2 Å². The highest BCUT2D eigenvalue weighted by Crippen LogP contribution is 2.20. The third kappa shape index (κ3) is 3.68. The predicted octanol–water partition coefficient (Wildman–Crippen LogP) is 0.482. The van der Waals surface area contributed by atoms with Gasteiger partial charge in [-0.2, -0.15) is 4.72 Å². The van der Waals surface area contributed by atoms with Gasteiger partial charge in [0.05, 0.1) is 6.61 Å². The summed E-state index contributed by atoms with van der Waals surface area (Å²) in [5.41, 5.74) is 0. The van der Waals surface area contributed by atoms with E-state index in [0.29, 0.717) is 0 Å². The lowest BCUT2D eigenvalue weighted by Crippen LogP contribution is -2.44. The number of carboxylic acid groups (broad SMARTS) is 1. The minimum Gasteiger partial charge on any atom is -0.480 e. The Morgan fingerprint density at radius 2 is 1.85 bits per heavy atom. The Morgan fingerprint density at radius 1 is 1.35 bits per heavy atom. The lowest BCUT2D eigenvalue weighted by molar-refractivity contribution is -0.140. The average Bonchev–Trinajstić information content (AvgIpc) is 2.25. The smallest absolute Gasteiger partial charge is 0.324 e. The third-order valence-electron chi connectivity index (χ3n) is 2.16. The number of aliphatic carboxylic acids is 1. The molecule has 1 atom stereocenters. The zero-order valence-electron chi connectivity index (χ0n) is 10.1. The fourth-order valence-corrected chi connectivity index (χ4v) is 2.65. The Morgan fingerprint density at radius 3 is 2.25 bits per heavy atom. The summed E-state index contributed by atoms with van der Waals surface area (Å²) < 4.78 is 68.9. The number of carboxylic acids is 1. The SMILES string of the molecule is COCC(NS(=O)(=O)c1c(F)cc(F)cc1F)C(=O)O. The van der Waals surface area contributed by atoms with Crippen LogP contribution in [0.25, 0.3) is 0 Å². The second-order valence-electron chi connectivity index (χ2n) is 3.67. The number of hydrogen-bond donors (Lipinski definition) is 2. The van der Waals surface area contributed by atoms with Crippen molar-refractivity contribution in [3.8, 4) is 0 Å². The summed E-state index contributed by atoms with van der Waals surface area (Å²) in [4.78, 5) is 9.31. The number of carbonyl (C=O) groups is 1. The van der Waals surface area contributed by atoms with Crippen molar-refractivity contribution in [3.63, 3.8) is 0 Å². The second-order valence-corrected chi connectivity index (χ2v) is 5.32. The molecule has 0 saturated carbocycles. The van der Waals surface area contributed by atoms with Crippen LogP contribution in [0.3, 0.4) is 0 Å². The van der Waals surface area contributed by atoms with Crippen LogP contribution in [0.15, 0.2) is 17.0 Å². The van der Waals surface area contributed by atoms with E-state index in [1.165, 1.54) is 0 Å². The Bertz CT molecular complexity index is 596. The van der Waals surface area contributed by atoms with Crippen LogP contribution in [0.2, 0.25) is 0 Å². The lowest BCUT2D eigenvalue weighted by Gasteiger charge is -2.14. The van der Waals surface area contributed by atoms with Gasteiger partial charge in [0, 0.05) is 19.2 Å². The van der Waals surface area contributed by atoms with Crippen molar-refractivity contribution in [3.05, 3.63) is 29.6 Å². The highest BCUT2D eigenvalue weighted by molar-refractivity contribution is 7.89. The van der Waals surface area contributed by atoms with Crippen LogP contribution in [0.1, 0.15) is 0 Å². The zero-order valence-corrected chi connectivity index (χ0v) is 10.9. The number of nitrogens with one attached hydrogen (secondary N) is 1. The Kier molecular flexibility index (Phi) is 5.09. The van der Waals surface area contributed by atoms with E-state index in [9.17, 15) is 26.4 Å². The molecule has 0 spiro atoms. The van der Waals surface area contributed by atoms with Crippen molar-refractivity contribution in [2.24, 2.45) is 0 Å². The molecule has 2 N–H and O–H groups in total.